The van der Waals surface area contributed by atoms with Crippen LogP contribution in [0.2, 0.25) is 0 Å². The molecule has 1 N–H and O–H groups in total. The summed E-state index contributed by atoms with van der Waals surface area (Å²) in [5.74, 6) is -0.172. The SMILES string of the molecule is Cc1cc(C(=O)N2CCC[C@H]2CO)ccc1[N+](=O)[O-]. The number of amides is 1. The fourth-order valence-electron chi connectivity index (χ4n) is 2.45. The van der Waals surface area contributed by atoms with E-state index >= 15 is 0 Å². The quantitative estimate of drug-likeness (QED) is 0.662. The van der Waals surface area contributed by atoms with Crippen molar-refractivity contribution in [3.8, 4) is 0 Å². The molecule has 2 rings (SSSR count). The minimum atomic E-state index is -0.462. The van der Waals surface area contributed by atoms with Crippen molar-refractivity contribution in [1.82, 2.24) is 4.90 Å². The first-order valence-electron chi connectivity index (χ1n) is 6.21. The zero-order chi connectivity index (χ0) is 14.0. The van der Waals surface area contributed by atoms with Crippen LogP contribution in [0.15, 0.2) is 18.2 Å². The number of nitrogens with zero attached hydrogens (tertiary/aromatic N) is 2. The first kappa shape index (κ1) is 13.5. The van der Waals surface area contributed by atoms with Crippen LogP contribution in [-0.4, -0.2) is 40.0 Å². The topological polar surface area (TPSA) is 83.7 Å². The van der Waals surface area contributed by atoms with Crippen molar-refractivity contribution in [2.75, 3.05) is 13.2 Å². The lowest BCUT2D eigenvalue weighted by Gasteiger charge is -2.23. The van der Waals surface area contributed by atoms with Gasteiger partial charge in [-0.15, -0.1) is 0 Å². The van der Waals surface area contributed by atoms with Gasteiger partial charge in [-0.25, -0.2) is 0 Å². The van der Waals surface area contributed by atoms with Gasteiger partial charge < -0.3 is 10.0 Å². The van der Waals surface area contributed by atoms with E-state index in [4.69, 9.17) is 0 Å². The third kappa shape index (κ3) is 2.58. The molecule has 1 aliphatic heterocycles. The second kappa shape index (κ2) is 5.36. The molecule has 0 aromatic heterocycles. The molecule has 0 saturated carbocycles. The fourth-order valence-corrected chi connectivity index (χ4v) is 2.45. The minimum Gasteiger partial charge on any atom is -0.394 e. The largest absolute Gasteiger partial charge is 0.394 e. The Morgan fingerprint density at radius 3 is 2.89 bits per heavy atom. The molecule has 1 saturated heterocycles. The van der Waals surface area contributed by atoms with Crippen LogP contribution >= 0.6 is 0 Å². The summed E-state index contributed by atoms with van der Waals surface area (Å²) < 4.78 is 0. The number of likely N-dealkylation sites (tertiary alicyclic amines) is 1. The molecule has 102 valence electrons. The van der Waals surface area contributed by atoms with E-state index in [-0.39, 0.29) is 24.2 Å². The molecule has 0 radical (unpaired) electrons. The molecular weight excluding hydrogens is 248 g/mol. The summed E-state index contributed by atoms with van der Waals surface area (Å²) in [7, 11) is 0. The molecule has 1 aromatic carbocycles. The number of aliphatic hydroxyl groups excluding tert-OH is 1. The first-order chi connectivity index (χ1) is 9.04. The average molecular weight is 264 g/mol. The van der Waals surface area contributed by atoms with Gasteiger partial charge in [-0.05, 0) is 31.9 Å². The molecule has 1 amide bonds. The van der Waals surface area contributed by atoms with Crippen molar-refractivity contribution in [2.24, 2.45) is 0 Å². The van der Waals surface area contributed by atoms with E-state index in [1.54, 1.807) is 11.8 Å². The van der Waals surface area contributed by atoms with Gasteiger partial charge in [0.1, 0.15) is 0 Å². The van der Waals surface area contributed by atoms with Crippen molar-refractivity contribution < 1.29 is 14.8 Å². The lowest BCUT2D eigenvalue weighted by atomic mass is 10.1. The van der Waals surface area contributed by atoms with Crippen molar-refractivity contribution in [3.05, 3.63) is 39.4 Å². The zero-order valence-electron chi connectivity index (χ0n) is 10.7. The zero-order valence-corrected chi connectivity index (χ0v) is 10.7. The lowest BCUT2D eigenvalue weighted by Crippen LogP contribution is -2.37. The highest BCUT2D eigenvalue weighted by Gasteiger charge is 2.29. The molecule has 1 aliphatic rings. The number of nitro groups is 1. The van der Waals surface area contributed by atoms with Crippen molar-refractivity contribution in [1.29, 1.82) is 0 Å². The summed E-state index contributed by atoms with van der Waals surface area (Å²) in [6.07, 6.45) is 1.68. The van der Waals surface area contributed by atoms with Crippen LogP contribution in [-0.2, 0) is 0 Å². The van der Waals surface area contributed by atoms with Gasteiger partial charge in [0.2, 0.25) is 0 Å². The molecule has 0 spiro atoms. The molecule has 1 atom stereocenters. The fraction of sp³-hybridized carbons (Fsp3) is 0.462. The molecular formula is C13H16N2O4. The normalized spacial score (nSPS) is 18.6. The summed E-state index contributed by atoms with van der Waals surface area (Å²) in [6, 6.07) is 4.23. The summed E-state index contributed by atoms with van der Waals surface area (Å²) in [5, 5.41) is 20.0. The van der Waals surface area contributed by atoms with Gasteiger partial charge in [-0.1, -0.05) is 0 Å². The van der Waals surface area contributed by atoms with Gasteiger partial charge in [-0.2, -0.15) is 0 Å². The van der Waals surface area contributed by atoms with Gasteiger partial charge in [-0.3, -0.25) is 14.9 Å². The van der Waals surface area contributed by atoms with Crippen LogP contribution in [0.5, 0.6) is 0 Å². The summed E-state index contributed by atoms with van der Waals surface area (Å²) in [5.41, 5.74) is 0.913. The molecule has 6 heteroatoms. The monoisotopic (exact) mass is 264 g/mol. The van der Waals surface area contributed by atoms with Crippen molar-refractivity contribution in [3.63, 3.8) is 0 Å². The van der Waals surface area contributed by atoms with Crippen LogP contribution in [0.4, 0.5) is 5.69 Å². The predicted molar refractivity (Wildman–Crippen MR) is 69.0 cm³/mol. The molecule has 0 unspecified atom stereocenters. The van der Waals surface area contributed by atoms with E-state index in [1.807, 2.05) is 0 Å². The van der Waals surface area contributed by atoms with Gasteiger partial charge in [0.15, 0.2) is 0 Å². The molecule has 6 nitrogen and oxygen atoms in total. The number of aryl methyl sites for hydroxylation is 1. The van der Waals surface area contributed by atoms with Crippen molar-refractivity contribution >= 4 is 11.6 Å². The Morgan fingerprint density at radius 1 is 1.58 bits per heavy atom. The maximum absolute atomic E-state index is 12.3. The Morgan fingerprint density at radius 2 is 2.32 bits per heavy atom. The maximum atomic E-state index is 12.3. The number of hydrogen-bond acceptors (Lipinski definition) is 4. The summed E-state index contributed by atoms with van der Waals surface area (Å²) >= 11 is 0. The third-order valence-electron chi connectivity index (χ3n) is 3.49. The highest BCUT2D eigenvalue weighted by atomic mass is 16.6. The molecule has 1 fully saturated rings. The number of aliphatic hydroxyl groups is 1. The van der Waals surface area contributed by atoms with Crippen LogP contribution in [0.3, 0.4) is 0 Å². The Kier molecular flexibility index (Phi) is 3.80. The Bertz CT molecular complexity index is 515. The molecule has 1 aromatic rings. The van der Waals surface area contributed by atoms with E-state index in [2.05, 4.69) is 0 Å². The van der Waals surface area contributed by atoms with E-state index in [1.165, 1.54) is 18.2 Å². The molecule has 1 heterocycles. The van der Waals surface area contributed by atoms with Gasteiger partial charge >= 0.3 is 0 Å². The third-order valence-corrected chi connectivity index (χ3v) is 3.49. The van der Waals surface area contributed by atoms with Crippen molar-refractivity contribution in [2.45, 2.75) is 25.8 Å². The Balaban J connectivity index is 2.25. The number of rotatable bonds is 3. The van der Waals surface area contributed by atoms with Crippen LogP contribution in [0.1, 0.15) is 28.8 Å². The van der Waals surface area contributed by atoms with Crippen LogP contribution < -0.4 is 0 Å². The highest BCUT2D eigenvalue weighted by Crippen LogP contribution is 2.23. The Labute approximate surface area is 110 Å². The smallest absolute Gasteiger partial charge is 0.272 e. The Hall–Kier alpha value is -1.95. The maximum Gasteiger partial charge on any atom is 0.272 e. The number of hydrogen-bond donors (Lipinski definition) is 1. The average Bonchev–Trinajstić information content (AvgIpc) is 2.85. The molecule has 19 heavy (non-hydrogen) atoms. The van der Waals surface area contributed by atoms with E-state index < -0.39 is 4.92 Å². The second-order valence-corrected chi connectivity index (χ2v) is 4.74. The number of nitro benzene ring substituents is 1. The molecule has 0 aliphatic carbocycles. The van der Waals surface area contributed by atoms with E-state index in [9.17, 15) is 20.0 Å². The van der Waals surface area contributed by atoms with Gasteiger partial charge in [0.25, 0.3) is 11.6 Å². The number of benzene rings is 1. The summed E-state index contributed by atoms with van der Waals surface area (Å²) in [6.45, 7) is 2.19. The highest BCUT2D eigenvalue weighted by molar-refractivity contribution is 5.95. The van der Waals surface area contributed by atoms with Crippen LogP contribution in [0.25, 0.3) is 0 Å². The van der Waals surface area contributed by atoms with Gasteiger partial charge in [0.05, 0.1) is 17.6 Å². The van der Waals surface area contributed by atoms with E-state index in [0.717, 1.165) is 12.8 Å². The van der Waals surface area contributed by atoms with Crippen LogP contribution in [0, 0.1) is 17.0 Å². The molecule has 0 bridgehead atoms. The lowest BCUT2D eigenvalue weighted by molar-refractivity contribution is -0.385. The summed E-state index contributed by atoms with van der Waals surface area (Å²) in [4.78, 5) is 24.2. The first-order valence-corrected chi connectivity index (χ1v) is 6.21. The number of carbonyl (C=O) groups is 1. The van der Waals surface area contributed by atoms with E-state index in [0.29, 0.717) is 17.7 Å². The second-order valence-electron chi connectivity index (χ2n) is 4.74. The standard InChI is InChI=1S/C13H16N2O4/c1-9-7-10(4-5-12(9)15(18)19)13(17)14-6-2-3-11(14)8-16/h4-5,7,11,16H,2-3,6,8H2,1H3/t11-/m0/s1. The predicted octanol–water partition coefficient (Wildman–Crippen LogP) is 1.50. The number of carbonyl (C=O) groups excluding carboxylic acids is 1. The minimum absolute atomic E-state index is 0.0108. The van der Waals surface area contributed by atoms with Gasteiger partial charge in [0, 0.05) is 23.7 Å².